The Hall–Kier alpha value is -3.15. The van der Waals surface area contributed by atoms with Crippen LogP contribution in [-0.2, 0) is 7.05 Å². The number of nitrogens with two attached hydrogens (primary N) is 1. The van der Waals surface area contributed by atoms with E-state index in [4.69, 9.17) is 33.4 Å². The molecule has 1 aromatic carbocycles. The molecule has 0 bridgehead atoms. The van der Waals surface area contributed by atoms with Crippen LogP contribution >= 0.6 is 23.2 Å². The number of piperazine rings is 1. The predicted octanol–water partition coefficient (Wildman–Crippen LogP) is 2.92. The van der Waals surface area contributed by atoms with Gasteiger partial charge in [0.25, 0.3) is 17.4 Å². The predicted molar refractivity (Wildman–Crippen MR) is 146 cm³/mol. The van der Waals surface area contributed by atoms with Gasteiger partial charge in [-0.3, -0.25) is 19.1 Å². The second kappa shape index (κ2) is 10.9. The van der Waals surface area contributed by atoms with Crippen LogP contribution in [0.1, 0.15) is 36.5 Å². The monoisotopic (exact) mass is 560 g/mol. The van der Waals surface area contributed by atoms with Gasteiger partial charge < -0.3 is 20.0 Å². The molecular formula is C25H30Cl2N8O3. The van der Waals surface area contributed by atoms with E-state index in [9.17, 15) is 9.59 Å². The standard InChI is InChI=1S/C25H30Cl2N8O3/c1-3-17-14-34(22-20(27)29-19(24(37)32(22)2)21-30-31-25(28)38-21)12-13-35(17)18-8-10-33(11-9-18)23(36)15-4-6-16(26)7-5-15/h4-7,17-18H,3,8-14H2,1-2H3,(H2,28,31)/t17-/m0/s1. The van der Waals surface area contributed by atoms with E-state index in [1.165, 1.54) is 4.57 Å². The highest BCUT2D eigenvalue weighted by Crippen LogP contribution is 2.30. The zero-order valence-corrected chi connectivity index (χ0v) is 22.8. The molecule has 0 unspecified atom stereocenters. The minimum absolute atomic E-state index is 0.0314. The van der Waals surface area contributed by atoms with Gasteiger partial charge in [0.1, 0.15) is 5.82 Å². The zero-order valence-electron chi connectivity index (χ0n) is 21.3. The fourth-order valence-electron chi connectivity index (χ4n) is 5.48. The lowest BCUT2D eigenvalue weighted by atomic mass is 9.97. The Labute approximate surface area is 230 Å². The minimum atomic E-state index is -0.388. The molecule has 0 spiro atoms. The number of nitrogens with zero attached hydrogens (tertiary/aromatic N) is 7. The largest absolute Gasteiger partial charge is 0.402 e. The number of nitrogen functional groups attached to an aromatic ring is 1. The number of piperidine rings is 1. The second-order valence-corrected chi connectivity index (χ2v) is 10.5. The lowest BCUT2D eigenvalue weighted by molar-refractivity contribution is 0.0490. The summed E-state index contributed by atoms with van der Waals surface area (Å²) in [5.74, 6) is 0.551. The van der Waals surface area contributed by atoms with Crippen LogP contribution in [-0.4, -0.2) is 80.3 Å². The molecule has 0 aliphatic carbocycles. The van der Waals surface area contributed by atoms with E-state index in [0.29, 0.717) is 48.6 Å². The summed E-state index contributed by atoms with van der Waals surface area (Å²) in [4.78, 5) is 36.9. The van der Waals surface area contributed by atoms with Gasteiger partial charge >= 0.3 is 6.01 Å². The number of likely N-dealkylation sites (tertiary alicyclic amines) is 1. The van der Waals surface area contributed by atoms with Gasteiger partial charge in [-0.1, -0.05) is 35.2 Å². The summed E-state index contributed by atoms with van der Waals surface area (Å²) in [6, 6.07) is 7.57. The van der Waals surface area contributed by atoms with Crippen LogP contribution in [0.4, 0.5) is 11.8 Å². The molecular weight excluding hydrogens is 531 g/mol. The highest BCUT2D eigenvalue weighted by molar-refractivity contribution is 6.32. The van der Waals surface area contributed by atoms with Crippen molar-refractivity contribution in [1.82, 2.24) is 29.5 Å². The molecule has 4 heterocycles. The topological polar surface area (TPSA) is 127 Å². The summed E-state index contributed by atoms with van der Waals surface area (Å²) in [5.41, 5.74) is 5.75. The molecule has 0 radical (unpaired) electrons. The fourth-order valence-corrected chi connectivity index (χ4v) is 5.94. The van der Waals surface area contributed by atoms with Gasteiger partial charge in [-0.05, 0) is 43.5 Å². The van der Waals surface area contributed by atoms with Gasteiger partial charge in [-0.25, -0.2) is 4.98 Å². The van der Waals surface area contributed by atoms with Gasteiger partial charge in [-0.2, -0.15) is 0 Å². The Kier molecular flexibility index (Phi) is 7.60. The summed E-state index contributed by atoms with van der Waals surface area (Å²) in [5, 5.41) is 8.18. The van der Waals surface area contributed by atoms with E-state index in [1.807, 2.05) is 4.90 Å². The number of anilines is 2. The molecule has 13 heteroatoms. The zero-order chi connectivity index (χ0) is 27.0. The summed E-state index contributed by atoms with van der Waals surface area (Å²) >= 11 is 12.6. The SMILES string of the molecule is CC[C@H]1CN(c2c(Cl)nc(-c3nnc(N)o3)c(=O)n2C)CCN1C1CCN(C(=O)c2ccc(Cl)cc2)CC1. The molecule has 2 aliphatic heterocycles. The first-order chi connectivity index (χ1) is 18.3. The van der Waals surface area contributed by atoms with E-state index in [1.54, 1.807) is 31.3 Å². The molecule has 2 saturated heterocycles. The number of aromatic nitrogens is 4. The number of amides is 1. The molecule has 11 nitrogen and oxygen atoms in total. The molecule has 3 aromatic rings. The fraction of sp³-hybridized carbons (Fsp3) is 0.480. The average molecular weight is 561 g/mol. The summed E-state index contributed by atoms with van der Waals surface area (Å²) < 4.78 is 6.66. The smallest absolute Gasteiger partial charge is 0.313 e. The minimum Gasteiger partial charge on any atom is -0.402 e. The van der Waals surface area contributed by atoms with Crippen LogP contribution < -0.4 is 16.2 Å². The first-order valence-corrected chi connectivity index (χ1v) is 13.4. The second-order valence-electron chi connectivity index (χ2n) is 9.66. The van der Waals surface area contributed by atoms with E-state index in [2.05, 4.69) is 31.9 Å². The van der Waals surface area contributed by atoms with Crippen LogP contribution in [0.2, 0.25) is 10.2 Å². The number of hydrogen-bond donors (Lipinski definition) is 1. The molecule has 0 saturated carbocycles. The maximum absolute atomic E-state index is 13.1. The molecule has 2 aromatic heterocycles. The molecule has 38 heavy (non-hydrogen) atoms. The van der Waals surface area contributed by atoms with Crippen molar-refractivity contribution in [3.05, 3.63) is 50.4 Å². The normalized spacial score (nSPS) is 19.2. The number of halogens is 2. The Morgan fingerprint density at radius 3 is 2.45 bits per heavy atom. The molecule has 2 aliphatic rings. The number of hydrogen-bond acceptors (Lipinski definition) is 9. The van der Waals surface area contributed by atoms with Crippen molar-refractivity contribution in [1.29, 1.82) is 0 Å². The lowest BCUT2D eigenvalue weighted by Crippen LogP contribution is -2.59. The number of benzene rings is 1. The van der Waals surface area contributed by atoms with Crippen LogP contribution in [0.25, 0.3) is 11.6 Å². The van der Waals surface area contributed by atoms with E-state index in [0.717, 1.165) is 25.8 Å². The van der Waals surface area contributed by atoms with Crippen molar-refractivity contribution in [3.8, 4) is 11.6 Å². The van der Waals surface area contributed by atoms with Crippen molar-refractivity contribution < 1.29 is 9.21 Å². The van der Waals surface area contributed by atoms with E-state index >= 15 is 0 Å². The third-order valence-corrected chi connectivity index (χ3v) is 7.98. The van der Waals surface area contributed by atoms with E-state index < -0.39 is 0 Å². The highest BCUT2D eigenvalue weighted by atomic mass is 35.5. The van der Waals surface area contributed by atoms with Crippen LogP contribution in [0.5, 0.6) is 0 Å². The van der Waals surface area contributed by atoms with Gasteiger partial charge in [0.05, 0.1) is 0 Å². The number of rotatable bonds is 5. The Morgan fingerprint density at radius 2 is 1.82 bits per heavy atom. The third kappa shape index (κ3) is 5.10. The van der Waals surface area contributed by atoms with Crippen LogP contribution in [0.3, 0.4) is 0 Å². The summed E-state index contributed by atoms with van der Waals surface area (Å²) in [7, 11) is 1.66. The third-order valence-electron chi connectivity index (χ3n) is 7.47. The van der Waals surface area contributed by atoms with Crippen molar-refractivity contribution in [2.75, 3.05) is 43.4 Å². The molecule has 202 valence electrons. The number of carbonyl (C=O) groups is 1. The quantitative estimate of drug-likeness (QED) is 0.500. The van der Waals surface area contributed by atoms with Gasteiger partial charge in [0.2, 0.25) is 0 Å². The molecule has 5 rings (SSSR count). The van der Waals surface area contributed by atoms with Crippen LogP contribution in [0, 0.1) is 0 Å². The first-order valence-electron chi connectivity index (χ1n) is 12.7. The van der Waals surface area contributed by atoms with Crippen molar-refractivity contribution in [3.63, 3.8) is 0 Å². The maximum atomic E-state index is 13.1. The average Bonchev–Trinajstić information content (AvgIpc) is 3.36. The number of carbonyl (C=O) groups excluding carboxylic acids is 1. The summed E-state index contributed by atoms with van der Waals surface area (Å²) in [6.45, 7) is 5.83. The van der Waals surface area contributed by atoms with Gasteiger partial charge in [0, 0.05) is 62.4 Å². The highest BCUT2D eigenvalue weighted by Gasteiger charge is 2.35. The van der Waals surface area contributed by atoms with Gasteiger partial charge in [-0.15, -0.1) is 5.10 Å². The maximum Gasteiger partial charge on any atom is 0.313 e. The Balaban J connectivity index is 1.26. The van der Waals surface area contributed by atoms with Crippen molar-refractivity contribution >= 4 is 40.9 Å². The Morgan fingerprint density at radius 1 is 1.11 bits per heavy atom. The van der Waals surface area contributed by atoms with Crippen molar-refractivity contribution in [2.24, 2.45) is 7.05 Å². The summed E-state index contributed by atoms with van der Waals surface area (Å²) in [6.07, 6.45) is 2.77. The lowest BCUT2D eigenvalue weighted by Gasteiger charge is -2.48. The molecule has 2 N–H and O–H groups in total. The van der Waals surface area contributed by atoms with Crippen LogP contribution in [0.15, 0.2) is 33.5 Å². The molecule has 2 fully saturated rings. The van der Waals surface area contributed by atoms with E-state index in [-0.39, 0.29) is 40.3 Å². The molecule has 1 amide bonds. The van der Waals surface area contributed by atoms with Crippen molar-refractivity contribution in [2.45, 2.75) is 38.3 Å². The molecule has 1 atom stereocenters. The first kappa shape index (κ1) is 26.5. The van der Waals surface area contributed by atoms with Gasteiger partial charge in [0.15, 0.2) is 10.8 Å². The Bertz CT molecular complexity index is 1370.